The van der Waals surface area contributed by atoms with Gasteiger partial charge in [-0.25, -0.2) is 0 Å². The number of ether oxygens (including phenoxy) is 1. The van der Waals surface area contributed by atoms with Gasteiger partial charge in [0, 0.05) is 13.2 Å². The van der Waals surface area contributed by atoms with Gasteiger partial charge in [0.25, 0.3) is 0 Å². The maximum Gasteiger partial charge on any atom is 0.0497 e. The van der Waals surface area contributed by atoms with Gasteiger partial charge in [0.2, 0.25) is 0 Å². The lowest BCUT2D eigenvalue weighted by molar-refractivity contribution is 0.109. The van der Waals surface area contributed by atoms with Gasteiger partial charge in [-0.05, 0) is 36.5 Å². The molecule has 1 nitrogen and oxygen atoms in total. The highest BCUT2D eigenvalue weighted by molar-refractivity contribution is 4.84. The van der Waals surface area contributed by atoms with Crippen molar-refractivity contribution >= 4 is 0 Å². The second-order valence-corrected chi connectivity index (χ2v) is 4.48. The lowest BCUT2D eigenvalue weighted by Gasteiger charge is -2.00. The van der Waals surface area contributed by atoms with Crippen molar-refractivity contribution in [3.63, 3.8) is 0 Å². The highest BCUT2D eigenvalue weighted by atomic mass is 16.5. The van der Waals surface area contributed by atoms with E-state index in [0.717, 1.165) is 36.9 Å². The summed E-state index contributed by atoms with van der Waals surface area (Å²) >= 11 is 0. The molecule has 0 aromatic heterocycles. The first kappa shape index (κ1) is 7.60. The molecule has 2 aliphatic carbocycles. The maximum absolute atomic E-state index is 5.62. The van der Waals surface area contributed by atoms with Gasteiger partial charge in [-0.2, -0.15) is 0 Å². The highest BCUT2D eigenvalue weighted by Crippen LogP contribution is 2.40. The van der Waals surface area contributed by atoms with Gasteiger partial charge in [-0.1, -0.05) is 13.8 Å². The lowest BCUT2D eigenvalue weighted by Crippen LogP contribution is -2.01. The van der Waals surface area contributed by atoms with Crippen LogP contribution >= 0.6 is 0 Å². The fraction of sp³-hybridized carbons (Fsp3) is 1.00. The normalized spacial score (nSPS) is 47.5. The Balaban J connectivity index is 1.48. The third-order valence-electron chi connectivity index (χ3n) is 3.22. The highest BCUT2D eigenvalue weighted by Gasteiger charge is 2.35. The largest absolute Gasteiger partial charge is 0.381 e. The fourth-order valence-electron chi connectivity index (χ4n) is 1.63. The molecule has 0 bridgehead atoms. The summed E-state index contributed by atoms with van der Waals surface area (Å²) in [6.07, 6.45) is 2.81. The molecule has 0 radical (unpaired) electrons. The van der Waals surface area contributed by atoms with Crippen molar-refractivity contribution in [2.45, 2.75) is 26.7 Å². The van der Waals surface area contributed by atoms with Crippen LogP contribution in [0.1, 0.15) is 26.7 Å². The van der Waals surface area contributed by atoms with Crippen molar-refractivity contribution in [3.05, 3.63) is 0 Å². The van der Waals surface area contributed by atoms with E-state index in [2.05, 4.69) is 13.8 Å². The maximum atomic E-state index is 5.62. The summed E-state index contributed by atoms with van der Waals surface area (Å²) in [5, 5.41) is 0. The van der Waals surface area contributed by atoms with Crippen LogP contribution < -0.4 is 0 Å². The van der Waals surface area contributed by atoms with Crippen LogP contribution in [-0.4, -0.2) is 13.2 Å². The van der Waals surface area contributed by atoms with Gasteiger partial charge in [0.15, 0.2) is 0 Å². The van der Waals surface area contributed by atoms with E-state index in [9.17, 15) is 0 Å². The van der Waals surface area contributed by atoms with E-state index < -0.39 is 0 Å². The van der Waals surface area contributed by atoms with E-state index in [1.165, 1.54) is 12.8 Å². The zero-order chi connectivity index (χ0) is 7.84. The third-order valence-corrected chi connectivity index (χ3v) is 3.22. The number of hydrogen-bond donors (Lipinski definition) is 0. The predicted molar refractivity (Wildman–Crippen MR) is 45.4 cm³/mol. The zero-order valence-corrected chi connectivity index (χ0v) is 7.55. The number of rotatable bonds is 4. The lowest BCUT2D eigenvalue weighted by atomic mass is 10.3. The minimum atomic E-state index is 0.907. The van der Waals surface area contributed by atoms with E-state index in [1.54, 1.807) is 0 Å². The van der Waals surface area contributed by atoms with Crippen molar-refractivity contribution < 1.29 is 4.74 Å². The van der Waals surface area contributed by atoms with Gasteiger partial charge >= 0.3 is 0 Å². The topological polar surface area (TPSA) is 9.23 Å². The molecule has 2 aliphatic rings. The second kappa shape index (κ2) is 2.78. The van der Waals surface area contributed by atoms with Crippen LogP contribution in [0.2, 0.25) is 0 Å². The molecule has 0 N–H and O–H groups in total. The molecule has 2 fully saturated rings. The smallest absolute Gasteiger partial charge is 0.0497 e. The molecule has 4 unspecified atom stereocenters. The summed E-state index contributed by atoms with van der Waals surface area (Å²) in [4.78, 5) is 0. The van der Waals surface area contributed by atoms with E-state index in [-0.39, 0.29) is 0 Å². The zero-order valence-electron chi connectivity index (χ0n) is 7.55. The van der Waals surface area contributed by atoms with Crippen molar-refractivity contribution in [3.8, 4) is 0 Å². The minimum absolute atomic E-state index is 0.907. The Morgan fingerprint density at radius 1 is 1.00 bits per heavy atom. The molecule has 1 heteroatoms. The number of hydrogen-bond acceptors (Lipinski definition) is 1. The molecule has 2 saturated carbocycles. The Morgan fingerprint density at radius 3 is 1.64 bits per heavy atom. The van der Waals surface area contributed by atoms with Crippen LogP contribution in [0.25, 0.3) is 0 Å². The third kappa shape index (κ3) is 1.96. The fourth-order valence-corrected chi connectivity index (χ4v) is 1.63. The Kier molecular flexibility index (Phi) is 1.92. The standard InChI is InChI=1S/C10H18O/c1-7-3-9(7)5-11-6-10-4-8(10)2/h7-10H,3-6H2,1-2H3. The molecule has 0 aliphatic heterocycles. The molecule has 0 heterocycles. The van der Waals surface area contributed by atoms with E-state index in [1.807, 2.05) is 0 Å². The van der Waals surface area contributed by atoms with Gasteiger partial charge in [0.1, 0.15) is 0 Å². The first-order chi connectivity index (χ1) is 5.27. The first-order valence-electron chi connectivity index (χ1n) is 4.85. The van der Waals surface area contributed by atoms with Gasteiger partial charge in [0.05, 0.1) is 0 Å². The minimum Gasteiger partial charge on any atom is -0.381 e. The molecule has 0 aromatic rings. The van der Waals surface area contributed by atoms with Crippen LogP contribution in [0.5, 0.6) is 0 Å². The van der Waals surface area contributed by atoms with Crippen LogP contribution in [0.3, 0.4) is 0 Å². The second-order valence-electron chi connectivity index (χ2n) is 4.48. The van der Waals surface area contributed by atoms with Crippen LogP contribution in [-0.2, 0) is 4.74 Å². The van der Waals surface area contributed by atoms with Crippen LogP contribution in [0.15, 0.2) is 0 Å². The molecule has 0 amide bonds. The Hall–Kier alpha value is -0.0400. The van der Waals surface area contributed by atoms with E-state index in [4.69, 9.17) is 4.74 Å². The molecule has 0 spiro atoms. The predicted octanol–water partition coefficient (Wildman–Crippen LogP) is 2.32. The summed E-state index contributed by atoms with van der Waals surface area (Å²) in [5.41, 5.74) is 0. The first-order valence-corrected chi connectivity index (χ1v) is 4.85. The molecule has 2 rings (SSSR count). The van der Waals surface area contributed by atoms with Gasteiger partial charge < -0.3 is 4.74 Å². The summed E-state index contributed by atoms with van der Waals surface area (Å²) in [7, 11) is 0. The molecule has 11 heavy (non-hydrogen) atoms. The summed E-state index contributed by atoms with van der Waals surface area (Å²) in [5.74, 6) is 3.71. The van der Waals surface area contributed by atoms with Crippen molar-refractivity contribution in [2.75, 3.05) is 13.2 Å². The molecule has 64 valence electrons. The Bertz CT molecular complexity index is 128. The van der Waals surface area contributed by atoms with Gasteiger partial charge in [-0.3, -0.25) is 0 Å². The molecular formula is C10H18O. The van der Waals surface area contributed by atoms with Crippen molar-refractivity contribution in [1.82, 2.24) is 0 Å². The van der Waals surface area contributed by atoms with Gasteiger partial charge in [-0.15, -0.1) is 0 Å². The summed E-state index contributed by atoms with van der Waals surface area (Å²) in [6.45, 7) is 6.69. The molecule has 0 aromatic carbocycles. The van der Waals surface area contributed by atoms with E-state index in [0.29, 0.717) is 0 Å². The SMILES string of the molecule is CC1CC1COCC1CC1C. The Labute approximate surface area is 69.1 Å². The van der Waals surface area contributed by atoms with Crippen molar-refractivity contribution in [1.29, 1.82) is 0 Å². The van der Waals surface area contributed by atoms with Crippen LogP contribution in [0.4, 0.5) is 0 Å². The average molecular weight is 154 g/mol. The molecular weight excluding hydrogens is 136 g/mol. The monoisotopic (exact) mass is 154 g/mol. The molecule has 4 atom stereocenters. The van der Waals surface area contributed by atoms with Crippen LogP contribution in [0, 0.1) is 23.7 Å². The van der Waals surface area contributed by atoms with Crippen molar-refractivity contribution in [2.24, 2.45) is 23.7 Å². The Morgan fingerprint density at radius 2 is 1.36 bits per heavy atom. The summed E-state index contributed by atoms with van der Waals surface area (Å²) in [6, 6.07) is 0. The van der Waals surface area contributed by atoms with E-state index >= 15 is 0 Å². The summed E-state index contributed by atoms with van der Waals surface area (Å²) < 4.78 is 5.62. The average Bonchev–Trinajstić information content (AvgIpc) is 2.79. The quantitative estimate of drug-likeness (QED) is 0.604. The molecule has 0 saturated heterocycles.